The van der Waals surface area contributed by atoms with E-state index in [4.69, 9.17) is 9.47 Å². The van der Waals surface area contributed by atoms with E-state index in [9.17, 15) is 4.79 Å². The van der Waals surface area contributed by atoms with Gasteiger partial charge in [0.25, 0.3) is 5.91 Å². The lowest BCUT2D eigenvalue weighted by atomic mass is 10.1. The number of rotatable bonds is 3. The van der Waals surface area contributed by atoms with E-state index >= 15 is 0 Å². The Hall–Kier alpha value is -3.01. The minimum atomic E-state index is -0.186. The van der Waals surface area contributed by atoms with Gasteiger partial charge < -0.3 is 14.8 Å². The zero-order valence-electron chi connectivity index (χ0n) is 13.9. The number of hydrogen-bond donors (Lipinski definition) is 1. The molecule has 1 heterocycles. The van der Waals surface area contributed by atoms with E-state index in [1.165, 1.54) is 11.8 Å². The normalized spacial score (nSPS) is 12.5. The Morgan fingerprint density at radius 1 is 1.08 bits per heavy atom. The topological polar surface area (TPSA) is 47.6 Å². The summed E-state index contributed by atoms with van der Waals surface area (Å²) in [7, 11) is 1.61. The molecule has 24 heavy (non-hydrogen) atoms. The summed E-state index contributed by atoms with van der Waals surface area (Å²) in [6.07, 6.45) is 4.96. The number of carbonyl (C=O) groups excluding carboxylic acids is 1. The lowest BCUT2D eigenvalue weighted by Gasteiger charge is -2.08. The smallest absolute Gasteiger partial charge is 0.255 e. The fourth-order valence-corrected chi connectivity index (χ4v) is 2.43. The Labute approximate surface area is 141 Å². The van der Waals surface area contributed by atoms with Crippen LogP contribution in [0.3, 0.4) is 0 Å². The van der Waals surface area contributed by atoms with Crippen molar-refractivity contribution in [1.29, 1.82) is 0 Å². The first-order chi connectivity index (χ1) is 11.6. The minimum Gasteiger partial charge on any atom is -0.497 e. The van der Waals surface area contributed by atoms with Crippen molar-refractivity contribution in [3.63, 3.8) is 0 Å². The highest BCUT2D eigenvalue weighted by molar-refractivity contribution is 6.09. The van der Waals surface area contributed by atoms with Crippen LogP contribution in [-0.2, 0) is 4.79 Å². The number of aryl methyl sites for hydroxylation is 2. The summed E-state index contributed by atoms with van der Waals surface area (Å²) in [5.41, 5.74) is 4.41. The van der Waals surface area contributed by atoms with Gasteiger partial charge in [-0.3, -0.25) is 4.79 Å². The molecule has 0 fully saturated rings. The zero-order chi connectivity index (χ0) is 17.1. The second-order valence-corrected chi connectivity index (χ2v) is 5.68. The molecule has 0 bridgehead atoms. The van der Waals surface area contributed by atoms with Gasteiger partial charge in [0.1, 0.15) is 11.5 Å². The molecule has 0 aromatic heterocycles. The van der Waals surface area contributed by atoms with Crippen LogP contribution in [0.1, 0.15) is 16.7 Å². The van der Waals surface area contributed by atoms with Crippen LogP contribution in [0.15, 0.2) is 54.3 Å². The molecule has 0 radical (unpaired) electrons. The van der Waals surface area contributed by atoms with Crippen molar-refractivity contribution in [3.05, 3.63) is 71.0 Å². The number of benzene rings is 2. The molecule has 2 aromatic carbocycles. The van der Waals surface area contributed by atoms with Gasteiger partial charge in [-0.25, -0.2) is 0 Å². The maximum Gasteiger partial charge on any atom is 0.255 e. The van der Waals surface area contributed by atoms with Crippen molar-refractivity contribution in [2.75, 3.05) is 12.4 Å². The van der Waals surface area contributed by atoms with Gasteiger partial charge in [0.15, 0.2) is 0 Å². The molecule has 122 valence electrons. The fourth-order valence-electron chi connectivity index (χ4n) is 2.43. The van der Waals surface area contributed by atoms with Crippen molar-refractivity contribution in [2.24, 2.45) is 0 Å². The summed E-state index contributed by atoms with van der Waals surface area (Å²) in [6, 6.07) is 11.3. The van der Waals surface area contributed by atoms with Crippen LogP contribution in [0.5, 0.6) is 11.5 Å². The number of anilines is 1. The van der Waals surface area contributed by atoms with E-state index in [0.29, 0.717) is 17.1 Å². The highest BCUT2D eigenvalue weighted by atomic mass is 16.5. The fraction of sp³-hybridized carbons (Fsp3) is 0.150. The molecule has 4 heteroatoms. The van der Waals surface area contributed by atoms with Crippen molar-refractivity contribution >= 4 is 17.7 Å². The van der Waals surface area contributed by atoms with E-state index in [2.05, 4.69) is 5.32 Å². The molecule has 1 N–H and O–H groups in total. The van der Waals surface area contributed by atoms with Crippen molar-refractivity contribution in [2.45, 2.75) is 13.8 Å². The second-order valence-electron chi connectivity index (χ2n) is 5.68. The van der Waals surface area contributed by atoms with Crippen LogP contribution >= 0.6 is 0 Å². The number of fused-ring (bicyclic) bond motifs is 1. The van der Waals surface area contributed by atoms with E-state index < -0.39 is 0 Å². The monoisotopic (exact) mass is 321 g/mol. The average molecular weight is 321 g/mol. The highest BCUT2D eigenvalue weighted by Gasteiger charge is 2.13. The highest BCUT2D eigenvalue weighted by Crippen LogP contribution is 2.29. The van der Waals surface area contributed by atoms with Crippen molar-refractivity contribution in [3.8, 4) is 11.5 Å². The Kier molecular flexibility index (Phi) is 4.38. The van der Waals surface area contributed by atoms with Crippen LogP contribution < -0.4 is 14.8 Å². The predicted octanol–water partition coefficient (Wildman–Crippen LogP) is 4.24. The maximum atomic E-state index is 12.6. The van der Waals surface area contributed by atoms with Crippen LogP contribution in [0, 0.1) is 13.8 Å². The SMILES string of the molecule is COc1ccc2c(c1)C=C(C(=O)Nc1ccc(C)c(C)c1)C=CO2. The molecular formula is C20H19NO3. The lowest BCUT2D eigenvalue weighted by molar-refractivity contribution is -0.112. The summed E-state index contributed by atoms with van der Waals surface area (Å²) in [4.78, 5) is 12.6. The van der Waals surface area contributed by atoms with E-state index in [1.54, 1.807) is 19.3 Å². The number of amides is 1. The molecule has 0 unspecified atom stereocenters. The molecule has 4 nitrogen and oxygen atoms in total. The van der Waals surface area contributed by atoms with E-state index in [0.717, 1.165) is 16.8 Å². The summed E-state index contributed by atoms with van der Waals surface area (Å²) in [6.45, 7) is 4.06. The lowest BCUT2D eigenvalue weighted by Crippen LogP contribution is -2.13. The summed E-state index contributed by atoms with van der Waals surface area (Å²) in [5, 5.41) is 2.92. The van der Waals surface area contributed by atoms with E-state index in [-0.39, 0.29) is 5.91 Å². The number of methoxy groups -OCH3 is 1. The Morgan fingerprint density at radius 2 is 1.92 bits per heavy atom. The molecule has 0 aliphatic carbocycles. The third kappa shape index (κ3) is 3.33. The minimum absolute atomic E-state index is 0.186. The summed E-state index contributed by atoms with van der Waals surface area (Å²) < 4.78 is 10.8. The predicted molar refractivity (Wildman–Crippen MR) is 95.3 cm³/mol. The summed E-state index contributed by atoms with van der Waals surface area (Å²) >= 11 is 0. The molecule has 0 atom stereocenters. The van der Waals surface area contributed by atoms with Gasteiger partial charge in [-0.1, -0.05) is 6.07 Å². The summed E-state index contributed by atoms with van der Waals surface area (Å²) in [5.74, 6) is 1.21. The van der Waals surface area contributed by atoms with Crippen LogP contribution in [0.25, 0.3) is 6.08 Å². The molecule has 0 saturated carbocycles. The van der Waals surface area contributed by atoms with Crippen LogP contribution in [-0.4, -0.2) is 13.0 Å². The van der Waals surface area contributed by atoms with Crippen LogP contribution in [0.2, 0.25) is 0 Å². The van der Waals surface area contributed by atoms with Gasteiger partial charge in [-0.15, -0.1) is 0 Å². The first kappa shape index (κ1) is 15.9. The third-order valence-corrected chi connectivity index (χ3v) is 4.00. The number of ether oxygens (including phenoxy) is 2. The molecule has 0 saturated heterocycles. The maximum absolute atomic E-state index is 12.6. The molecule has 3 rings (SSSR count). The standard InChI is InChI=1S/C20H19NO3/c1-13-4-5-17(10-14(13)2)21-20(22)15-8-9-24-19-7-6-18(23-3)12-16(19)11-15/h4-12H,1-3H3,(H,21,22). The largest absolute Gasteiger partial charge is 0.497 e. The Morgan fingerprint density at radius 3 is 2.67 bits per heavy atom. The first-order valence-electron chi connectivity index (χ1n) is 7.68. The van der Waals surface area contributed by atoms with Gasteiger partial charge in [0.05, 0.1) is 13.4 Å². The molecule has 1 amide bonds. The van der Waals surface area contributed by atoms with Gasteiger partial charge in [-0.2, -0.15) is 0 Å². The van der Waals surface area contributed by atoms with Crippen molar-refractivity contribution in [1.82, 2.24) is 0 Å². The number of hydrogen-bond acceptors (Lipinski definition) is 3. The molecule has 0 spiro atoms. The second kappa shape index (κ2) is 6.62. The first-order valence-corrected chi connectivity index (χ1v) is 7.68. The van der Waals surface area contributed by atoms with Gasteiger partial charge in [0.2, 0.25) is 0 Å². The average Bonchev–Trinajstić information content (AvgIpc) is 2.79. The number of carbonyl (C=O) groups is 1. The third-order valence-electron chi connectivity index (χ3n) is 4.00. The molecular weight excluding hydrogens is 302 g/mol. The van der Waals surface area contributed by atoms with Gasteiger partial charge in [-0.05, 0) is 67.5 Å². The van der Waals surface area contributed by atoms with Gasteiger partial charge >= 0.3 is 0 Å². The quantitative estimate of drug-likeness (QED) is 0.920. The molecule has 1 aliphatic rings. The Balaban J connectivity index is 1.87. The van der Waals surface area contributed by atoms with Crippen LogP contribution in [0.4, 0.5) is 5.69 Å². The number of nitrogens with one attached hydrogen (secondary N) is 1. The van der Waals surface area contributed by atoms with Crippen molar-refractivity contribution < 1.29 is 14.3 Å². The molecule has 2 aromatic rings. The van der Waals surface area contributed by atoms with E-state index in [1.807, 2.05) is 50.2 Å². The molecule has 1 aliphatic heterocycles. The Bertz CT molecular complexity index is 850. The zero-order valence-corrected chi connectivity index (χ0v) is 13.9. The van der Waals surface area contributed by atoms with Gasteiger partial charge in [0, 0.05) is 16.8 Å².